The van der Waals surface area contributed by atoms with Crippen molar-refractivity contribution in [2.45, 2.75) is 6.92 Å². The molecule has 29 heavy (non-hydrogen) atoms. The molecule has 0 unspecified atom stereocenters. The number of carbonyl (C=O) groups is 3. The van der Waals surface area contributed by atoms with Crippen LogP contribution in [0.1, 0.15) is 38.0 Å². The summed E-state index contributed by atoms with van der Waals surface area (Å²) in [5, 5.41) is 0.964. The molecule has 0 saturated carbocycles. The number of ketones is 1. The predicted molar refractivity (Wildman–Crippen MR) is 109 cm³/mol. The summed E-state index contributed by atoms with van der Waals surface area (Å²) in [5.74, 6) is -1.50. The Bertz CT molecular complexity index is 1070. The number of hydrogen-bond donors (Lipinski definition) is 0. The molecule has 0 heterocycles. The Labute approximate surface area is 176 Å². The quantitative estimate of drug-likeness (QED) is 0.299. The first-order valence-corrected chi connectivity index (χ1v) is 9.19. The monoisotopic (exact) mass is 428 g/mol. The summed E-state index contributed by atoms with van der Waals surface area (Å²) in [6.07, 6.45) is 0. The van der Waals surface area contributed by atoms with E-state index in [1.54, 1.807) is 24.3 Å². The van der Waals surface area contributed by atoms with Gasteiger partial charge in [0.05, 0.1) is 16.7 Å². The number of Topliss-reactive ketones (excluding diaryl/α,β-unsaturated/α-hetero) is 1. The molecule has 0 aliphatic carbocycles. The fraction of sp³-hybridized carbons (Fsp3) is 0.0455. The van der Waals surface area contributed by atoms with Crippen molar-refractivity contribution in [3.05, 3.63) is 93.5 Å². The van der Waals surface area contributed by atoms with Crippen LogP contribution >= 0.6 is 23.2 Å². The van der Waals surface area contributed by atoms with Crippen LogP contribution < -0.4 is 9.47 Å². The first-order chi connectivity index (χ1) is 13.8. The Morgan fingerprint density at radius 2 is 1.17 bits per heavy atom. The molecule has 7 heteroatoms. The summed E-state index contributed by atoms with van der Waals surface area (Å²) >= 11 is 11.6. The third-order valence-electron chi connectivity index (χ3n) is 3.91. The number of halogens is 2. The number of esters is 2. The second kappa shape index (κ2) is 8.90. The summed E-state index contributed by atoms with van der Waals surface area (Å²) in [4.78, 5) is 36.6. The summed E-state index contributed by atoms with van der Waals surface area (Å²) in [7, 11) is 0. The van der Waals surface area contributed by atoms with E-state index in [-0.39, 0.29) is 28.4 Å². The summed E-state index contributed by atoms with van der Waals surface area (Å²) in [6, 6.07) is 16.5. The SMILES string of the molecule is CC(=O)c1ccc(OC(=O)c2ccc(Cl)cc2)cc1OC(=O)c1ccc(Cl)cc1. The zero-order chi connectivity index (χ0) is 21.0. The highest BCUT2D eigenvalue weighted by atomic mass is 35.5. The van der Waals surface area contributed by atoms with E-state index >= 15 is 0 Å². The van der Waals surface area contributed by atoms with Gasteiger partial charge >= 0.3 is 11.9 Å². The summed E-state index contributed by atoms with van der Waals surface area (Å²) in [5.41, 5.74) is 0.732. The van der Waals surface area contributed by atoms with Crippen LogP contribution in [0.2, 0.25) is 10.0 Å². The Morgan fingerprint density at radius 1 is 0.690 bits per heavy atom. The van der Waals surface area contributed by atoms with Crippen LogP contribution in [0, 0.1) is 0 Å². The molecule has 0 saturated heterocycles. The molecule has 5 nitrogen and oxygen atoms in total. The van der Waals surface area contributed by atoms with Gasteiger partial charge in [-0.15, -0.1) is 0 Å². The molecule has 0 radical (unpaired) electrons. The van der Waals surface area contributed by atoms with Crippen LogP contribution in [-0.4, -0.2) is 17.7 Å². The van der Waals surface area contributed by atoms with Crippen LogP contribution in [0.5, 0.6) is 11.5 Å². The second-order valence-corrected chi connectivity index (χ2v) is 6.88. The van der Waals surface area contributed by atoms with Crippen molar-refractivity contribution < 1.29 is 23.9 Å². The average Bonchev–Trinajstić information content (AvgIpc) is 2.69. The van der Waals surface area contributed by atoms with Gasteiger partial charge in [-0.05, 0) is 67.6 Å². The van der Waals surface area contributed by atoms with E-state index in [1.807, 2.05) is 0 Å². The Balaban J connectivity index is 1.84. The second-order valence-electron chi connectivity index (χ2n) is 6.01. The normalized spacial score (nSPS) is 10.3. The predicted octanol–water partition coefficient (Wildman–Crippen LogP) is 5.63. The summed E-state index contributed by atoms with van der Waals surface area (Å²) < 4.78 is 10.7. The molecule has 3 aromatic rings. The van der Waals surface area contributed by atoms with Gasteiger partial charge in [0.15, 0.2) is 5.78 Å². The van der Waals surface area contributed by atoms with Gasteiger partial charge in [-0.3, -0.25) is 4.79 Å². The Hall–Kier alpha value is -3.15. The lowest BCUT2D eigenvalue weighted by atomic mass is 10.1. The highest BCUT2D eigenvalue weighted by molar-refractivity contribution is 6.31. The maximum Gasteiger partial charge on any atom is 0.343 e. The molecule has 3 rings (SSSR count). The topological polar surface area (TPSA) is 69.7 Å². The Kier molecular flexibility index (Phi) is 6.32. The van der Waals surface area contributed by atoms with E-state index in [1.165, 1.54) is 49.4 Å². The van der Waals surface area contributed by atoms with Gasteiger partial charge in [-0.2, -0.15) is 0 Å². The standard InChI is InChI=1S/C22H14Cl2O5/c1-13(25)19-11-10-18(28-21(26)14-2-6-16(23)7-3-14)12-20(19)29-22(27)15-4-8-17(24)9-5-15/h2-12H,1H3. The lowest BCUT2D eigenvalue weighted by Crippen LogP contribution is -2.12. The van der Waals surface area contributed by atoms with Crippen LogP contribution in [0.25, 0.3) is 0 Å². The average molecular weight is 429 g/mol. The van der Waals surface area contributed by atoms with Crippen LogP contribution in [0.3, 0.4) is 0 Å². The van der Waals surface area contributed by atoms with E-state index in [4.69, 9.17) is 32.7 Å². The van der Waals surface area contributed by atoms with Gasteiger partial charge in [-0.1, -0.05) is 23.2 Å². The number of ether oxygens (including phenoxy) is 2. The fourth-order valence-electron chi connectivity index (χ4n) is 2.44. The molecule has 0 aromatic heterocycles. The molecule has 0 atom stereocenters. The lowest BCUT2D eigenvalue weighted by molar-refractivity contribution is 0.0732. The van der Waals surface area contributed by atoms with Crippen molar-refractivity contribution in [1.82, 2.24) is 0 Å². The third kappa shape index (κ3) is 5.22. The van der Waals surface area contributed by atoms with Gasteiger partial charge in [0.25, 0.3) is 0 Å². The maximum absolute atomic E-state index is 12.4. The maximum atomic E-state index is 12.4. The largest absolute Gasteiger partial charge is 0.423 e. The van der Waals surface area contributed by atoms with Gasteiger partial charge in [0.1, 0.15) is 11.5 Å². The van der Waals surface area contributed by atoms with Crippen molar-refractivity contribution >= 4 is 40.9 Å². The molecule has 0 fully saturated rings. The third-order valence-corrected chi connectivity index (χ3v) is 4.41. The van der Waals surface area contributed by atoms with Crippen LogP contribution in [-0.2, 0) is 0 Å². The van der Waals surface area contributed by atoms with Crippen molar-refractivity contribution in [3.63, 3.8) is 0 Å². The zero-order valence-corrected chi connectivity index (χ0v) is 16.7. The van der Waals surface area contributed by atoms with Gasteiger partial charge < -0.3 is 9.47 Å². The van der Waals surface area contributed by atoms with Gasteiger partial charge in [0.2, 0.25) is 0 Å². The van der Waals surface area contributed by atoms with Crippen molar-refractivity contribution in [2.24, 2.45) is 0 Å². The first kappa shape index (κ1) is 20.6. The van der Waals surface area contributed by atoms with Crippen molar-refractivity contribution in [1.29, 1.82) is 0 Å². The van der Waals surface area contributed by atoms with Gasteiger partial charge in [0, 0.05) is 16.1 Å². The van der Waals surface area contributed by atoms with E-state index in [0.29, 0.717) is 15.6 Å². The molecule has 0 bridgehead atoms. The van der Waals surface area contributed by atoms with E-state index in [0.717, 1.165) is 0 Å². The highest BCUT2D eigenvalue weighted by Crippen LogP contribution is 2.27. The first-order valence-electron chi connectivity index (χ1n) is 8.44. The molecule has 0 amide bonds. The minimum atomic E-state index is -0.676. The molecular formula is C22H14Cl2O5. The van der Waals surface area contributed by atoms with Gasteiger partial charge in [-0.25, -0.2) is 9.59 Å². The molecular weight excluding hydrogens is 415 g/mol. The van der Waals surface area contributed by atoms with E-state index < -0.39 is 11.9 Å². The molecule has 0 aliphatic heterocycles. The van der Waals surface area contributed by atoms with Crippen LogP contribution in [0.4, 0.5) is 0 Å². The summed E-state index contributed by atoms with van der Waals surface area (Å²) in [6.45, 7) is 1.34. The molecule has 3 aromatic carbocycles. The number of hydrogen-bond acceptors (Lipinski definition) is 5. The highest BCUT2D eigenvalue weighted by Gasteiger charge is 2.17. The smallest absolute Gasteiger partial charge is 0.343 e. The van der Waals surface area contributed by atoms with Crippen LogP contribution in [0.15, 0.2) is 66.7 Å². The zero-order valence-electron chi connectivity index (χ0n) is 15.1. The van der Waals surface area contributed by atoms with E-state index in [2.05, 4.69) is 0 Å². The number of rotatable bonds is 5. The number of carbonyl (C=O) groups excluding carboxylic acids is 3. The molecule has 0 N–H and O–H groups in total. The molecule has 0 aliphatic rings. The lowest BCUT2D eigenvalue weighted by Gasteiger charge is -2.11. The minimum absolute atomic E-state index is 0.0149. The fourth-order valence-corrected chi connectivity index (χ4v) is 2.69. The number of benzene rings is 3. The molecule has 146 valence electrons. The minimum Gasteiger partial charge on any atom is -0.423 e. The van der Waals surface area contributed by atoms with Crippen molar-refractivity contribution in [3.8, 4) is 11.5 Å². The molecule has 0 spiro atoms. The Morgan fingerprint density at radius 3 is 1.66 bits per heavy atom. The van der Waals surface area contributed by atoms with Crippen molar-refractivity contribution in [2.75, 3.05) is 0 Å². The van der Waals surface area contributed by atoms with E-state index in [9.17, 15) is 14.4 Å².